The molecular weight excluding hydrogens is 244 g/mol. The summed E-state index contributed by atoms with van der Waals surface area (Å²) in [6, 6.07) is 0.678. The Labute approximate surface area is 116 Å². The molecule has 0 aromatic heterocycles. The van der Waals surface area contributed by atoms with Crippen LogP contribution in [0.2, 0.25) is 0 Å². The Kier molecular flexibility index (Phi) is 6.07. The molecule has 5 heteroatoms. The molecule has 0 spiro atoms. The van der Waals surface area contributed by atoms with Crippen LogP contribution in [-0.4, -0.2) is 42.5 Å². The van der Waals surface area contributed by atoms with Gasteiger partial charge in [-0.05, 0) is 53.4 Å². The van der Waals surface area contributed by atoms with Crippen LogP contribution in [0.25, 0.3) is 0 Å². The lowest BCUT2D eigenvalue weighted by Crippen LogP contribution is -2.44. The van der Waals surface area contributed by atoms with Gasteiger partial charge in [0.2, 0.25) is 0 Å². The van der Waals surface area contributed by atoms with Crippen molar-refractivity contribution in [1.82, 2.24) is 10.4 Å². The summed E-state index contributed by atoms with van der Waals surface area (Å²) in [7, 11) is 1.98. The molecule has 1 aliphatic carbocycles. The summed E-state index contributed by atoms with van der Waals surface area (Å²) in [6.07, 6.45) is 3.71. The maximum absolute atomic E-state index is 11.7. The third-order valence-electron chi connectivity index (χ3n) is 3.26. The highest BCUT2D eigenvalue weighted by atomic mass is 16.7. The Morgan fingerprint density at radius 1 is 1.26 bits per heavy atom. The number of carbonyl (C=O) groups excluding carboxylic acids is 1. The fourth-order valence-electron chi connectivity index (χ4n) is 2.37. The Hall–Kier alpha value is -0.810. The van der Waals surface area contributed by atoms with E-state index >= 15 is 0 Å². The van der Waals surface area contributed by atoms with E-state index in [1.165, 1.54) is 0 Å². The van der Waals surface area contributed by atoms with E-state index in [9.17, 15) is 4.79 Å². The number of carbonyl (C=O) groups is 1. The second-order valence-electron chi connectivity index (χ2n) is 6.12. The molecule has 1 saturated carbocycles. The molecule has 1 N–H and O–H groups in total. The van der Waals surface area contributed by atoms with Crippen molar-refractivity contribution >= 4 is 6.09 Å². The molecule has 0 aliphatic heterocycles. The van der Waals surface area contributed by atoms with E-state index in [-0.39, 0.29) is 12.1 Å². The average Bonchev–Trinajstić information content (AvgIpc) is 2.27. The molecule has 1 amide bonds. The summed E-state index contributed by atoms with van der Waals surface area (Å²) in [5, 5.41) is 4.89. The standard InChI is InChI=1S/C14H28N2O3/c1-6-18-16(5)12-9-7-11(8-10-12)15-13(17)19-14(2,3)4/h11-12H,6-10H2,1-5H3,(H,15,17). The van der Waals surface area contributed by atoms with Crippen LogP contribution >= 0.6 is 0 Å². The summed E-state index contributed by atoms with van der Waals surface area (Å²) in [5.41, 5.74) is -0.434. The third-order valence-corrected chi connectivity index (χ3v) is 3.26. The van der Waals surface area contributed by atoms with Gasteiger partial charge >= 0.3 is 6.09 Å². The zero-order valence-corrected chi connectivity index (χ0v) is 12.9. The monoisotopic (exact) mass is 272 g/mol. The number of alkyl carbamates (subject to hydrolysis) is 1. The van der Waals surface area contributed by atoms with Gasteiger partial charge in [0.05, 0.1) is 6.61 Å². The predicted octanol–water partition coefficient (Wildman–Crippen LogP) is 2.71. The normalized spacial score (nSPS) is 24.3. The van der Waals surface area contributed by atoms with Crippen LogP contribution < -0.4 is 5.32 Å². The van der Waals surface area contributed by atoms with Crippen molar-refractivity contribution in [2.75, 3.05) is 13.7 Å². The van der Waals surface area contributed by atoms with Crippen LogP contribution in [0.4, 0.5) is 4.79 Å². The van der Waals surface area contributed by atoms with Gasteiger partial charge in [-0.25, -0.2) is 4.79 Å². The molecule has 1 rings (SSSR count). The van der Waals surface area contributed by atoms with E-state index < -0.39 is 5.60 Å². The van der Waals surface area contributed by atoms with E-state index in [1.807, 2.05) is 39.8 Å². The Morgan fingerprint density at radius 3 is 2.32 bits per heavy atom. The van der Waals surface area contributed by atoms with E-state index in [0.717, 1.165) is 25.7 Å². The first-order valence-corrected chi connectivity index (χ1v) is 7.17. The molecule has 1 aliphatic rings. The van der Waals surface area contributed by atoms with Crippen LogP contribution in [0.15, 0.2) is 0 Å². The van der Waals surface area contributed by atoms with Gasteiger partial charge in [-0.3, -0.25) is 4.84 Å². The van der Waals surface area contributed by atoms with Crippen molar-refractivity contribution in [3.05, 3.63) is 0 Å². The fourth-order valence-corrected chi connectivity index (χ4v) is 2.37. The molecule has 0 saturated heterocycles. The maximum Gasteiger partial charge on any atom is 0.407 e. The first-order chi connectivity index (χ1) is 8.81. The number of nitrogens with one attached hydrogen (secondary N) is 1. The van der Waals surface area contributed by atoms with Gasteiger partial charge < -0.3 is 10.1 Å². The van der Waals surface area contributed by atoms with E-state index in [1.54, 1.807) is 0 Å². The molecule has 112 valence electrons. The van der Waals surface area contributed by atoms with Crippen LogP contribution in [0.1, 0.15) is 53.4 Å². The molecule has 0 heterocycles. The van der Waals surface area contributed by atoms with Crippen molar-refractivity contribution in [3.63, 3.8) is 0 Å². The molecule has 1 fully saturated rings. The number of amides is 1. The summed E-state index contributed by atoms with van der Waals surface area (Å²) >= 11 is 0. The van der Waals surface area contributed by atoms with E-state index in [2.05, 4.69) is 5.32 Å². The van der Waals surface area contributed by atoms with Crippen molar-refractivity contribution in [2.24, 2.45) is 0 Å². The van der Waals surface area contributed by atoms with Crippen LogP contribution in [0.3, 0.4) is 0 Å². The highest BCUT2D eigenvalue weighted by Gasteiger charge is 2.26. The van der Waals surface area contributed by atoms with E-state index in [4.69, 9.17) is 9.57 Å². The molecule has 0 radical (unpaired) electrons. The lowest BCUT2D eigenvalue weighted by Gasteiger charge is -2.34. The topological polar surface area (TPSA) is 50.8 Å². The Morgan fingerprint density at radius 2 is 1.84 bits per heavy atom. The lowest BCUT2D eigenvalue weighted by molar-refractivity contribution is -0.170. The third kappa shape index (κ3) is 6.25. The molecule has 5 nitrogen and oxygen atoms in total. The van der Waals surface area contributed by atoms with Crippen molar-refractivity contribution in [3.8, 4) is 0 Å². The Bertz CT molecular complexity index is 281. The number of nitrogens with zero attached hydrogens (tertiary/aromatic N) is 1. The van der Waals surface area contributed by atoms with Crippen LogP contribution in [0.5, 0.6) is 0 Å². The van der Waals surface area contributed by atoms with Crippen molar-refractivity contribution in [1.29, 1.82) is 0 Å². The molecule has 19 heavy (non-hydrogen) atoms. The van der Waals surface area contributed by atoms with Gasteiger partial charge in [0.15, 0.2) is 0 Å². The quantitative estimate of drug-likeness (QED) is 0.799. The minimum absolute atomic E-state index is 0.223. The summed E-state index contributed by atoms with van der Waals surface area (Å²) in [6.45, 7) is 8.32. The fraction of sp³-hybridized carbons (Fsp3) is 0.929. The molecule has 0 aromatic carbocycles. The molecule has 0 unspecified atom stereocenters. The number of hydroxylamine groups is 2. The van der Waals surface area contributed by atoms with Gasteiger partial charge in [0.1, 0.15) is 5.60 Å². The number of ether oxygens (including phenoxy) is 1. The zero-order valence-electron chi connectivity index (χ0n) is 12.9. The number of hydrogen-bond acceptors (Lipinski definition) is 4. The van der Waals surface area contributed by atoms with Gasteiger partial charge in [-0.15, -0.1) is 0 Å². The van der Waals surface area contributed by atoms with Crippen molar-refractivity contribution < 1.29 is 14.4 Å². The predicted molar refractivity (Wildman–Crippen MR) is 74.8 cm³/mol. The van der Waals surface area contributed by atoms with E-state index in [0.29, 0.717) is 12.6 Å². The Balaban J connectivity index is 2.28. The SMILES string of the molecule is CCON(C)C1CCC(NC(=O)OC(C)(C)C)CC1. The molecule has 0 aromatic rings. The smallest absolute Gasteiger partial charge is 0.407 e. The van der Waals surface area contributed by atoms with Crippen molar-refractivity contribution in [2.45, 2.75) is 71.1 Å². The summed E-state index contributed by atoms with van der Waals surface area (Å²) in [4.78, 5) is 17.2. The minimum atomic E-state index is -0.434. The first-order valence-electron chi connectivity index (χ1n) is 7.17. The molecular formula is C14H28N2O3. The van der Waals surface area contributed by atoms with Gasteiger partial charge in [0, 0.05) is 19.1 Å². The highest BCUT2D eigenvalue weighted by molar-refractivity contribution is 5.68. The average molecular weight is 272 g/mol. The first kappa shape index (κ1) is 16.2. The zero-order chi connectivity index (χ0) is 14.5. The number of hydrogen-bond donors (Lipinski definition) is 1. The number of rotatable bonds is 4. The largest absolute Gasteiger partial charge is 0.444 e. The minimum Gasteiger partial charge on any atom is -0.444 e. The van der Waals surface area contributed by atoms with Gasteiger partial charge in [-0.2, -0.15) is 5.06 Å². The van der Waals surface area contributed by atoms with Crippen LogP contribution in [0, 0.1) is 0 Å². The second-order valence-corrected chi connectivity index (χ2v) is 6.12. The van der Waals surface area contributed by atoms with Gasteiger partial charge in [0.25, 0.3) is 0 Å². The van der Waals surface area contributed by atoms with Crippen LogP contribution in [-0.2, 0) is 9.57 Å². The summed E-state index contributed by atoms with van der Waals surface area (Å²) in [5.74, 6) is 0. The highest BCUT2D eigenvalue weighted by Crippen LogP contribution is 2.23. The van der Waals surface area contributed by atoms with Gasteiger partial charge in [-0.1, -0.05) is 0 Å². The lowest BCUT2D eigenvalue weighted by atomic mass is 9.91. The second kappa shape index (κ2) is 7.10. The summed E-state index contributed by atoms with van der Waals surface area (Å²) < 4.78 is 5.27. The molecule has 0 atom stereocenters. The maximum atomic E-state index is 11.7. The molecule has 0 bridgehead atoms.